The summed E-state index contributed by atoms with van der Waals surface area (Å²) in [5.41, 5.74) is 4.08. The second-order valence-electron chi connectivity index (χ2n) is 7.78. The second-order valence-corrected chi connectivity index (χ2v) is 7.78. The predicted molar refractivity (Wildman–Crippen MR) is 122 cm³/mol. The van der Waals surface area contributed by atoms with E-state index < -0.39 is 5.76 Å². The van der Waals surface area contributed by atoms with Crippen molar-refractivity contribution in [3.05, 3.63) is 70.3 Å². The second kappa shape index (κ2) is 8.18. The van der Waals surface area contributed by atoms with Gasteiger partial charge in [0.15, 0.2) is 5.58 Å². The first-order chi connectivity index (χ1) is 15.5. The lowest BCUT2D eigenvalue weighted by Crippen LogP contribution is -2.27. The van der Waals surface area contributed by atoms with Gasteiger partial charge in [0.2, 0.25) is 5.95 Å². The molecule has 9 nitrogen and oxygen atoms in total. The molecule has 32 heavy (non-hydrogen) atoms. The fraction of sp³-hybridized carbons (Fsp3) is 0.217. The monoisotopic (exact) mass is 430 g/mol. The molecule has 4 aromatic rings. The van der Waals surface area contributed by atoms with Crippen molar-refractivity contribution in [3.63, 3.8) is 0 Å². The van der Waals surface area contributed by atoms with Gasteiger partial charge < -0.3 is 20.0 Å². The van der Waals surface area contributed by atoms with E-state index in [0.29, 0.717) is 28.4 Å². The van der Waals surface area contributed by atoms with E-state index >= 15 is 0 Å². The van der Waals surface area contributed by atoms with E-state index in [2.05, 4.69) is 25.6 Å². The molecule has 9 heteroatoms. The van der Waals surface area contributed by atoms with Crippen molar-refractivity contribution < 1.29 is 9.21 Å². The van der Waals surface area contributed by atoms with E-state index in [1.807, 2.05) is 36.1 Å². The van der Waals surface area contributed by atoms with Crippen LogP contribution in [-0.2, 0) is 0 Å². The SMILES string of the molecule is Cc1cnc(Nc2cccc(C(=O)N3CCCC3)c2)nc1Nc1ccc2oc(=O)[nH]c2c1. The molecule has 0 radical (unpaired) electrons. The number of aromatic amines is 1. The van der Waals surface area contributed by atoms with Crippen molar-refractivity contribution in [2.75, 3.05) is 23.7 Å². The zero-order chi connectivity index (χ0) is 22.1. The number of rotatable bonds is 5. The molecule has 1 aliphatic rings. The smallest absolute Gasteiger partial charge is 0.408 e. The lowest BCUT2D eigenvalue weighted by molar-refractivity contribution is 0.0793. The van der Waals surface area contributed by atoms with Crippen molar-refractivity contribution >= 4 is 40.1 Å². The number of nitrogens with zero attached hydrogens (tertiary/aromatic N) is 3. The van der Waals surface area contributed by atoms with Gasteiger partial charge in [0.1, 0.15) is 5.82 Å². The van der Waals surface area contributed by atoms with Gasteiger partial charge in [0.05, 0.1) is 5.52 Å². The van der Waals surface area contributed by atoms with Crippen LogP contribution in [0.1, 0.15) is 28.8 Å². The van der Waals surface area contributed by atoms with Gasteiger partial charge in [0, 0.05) is 41.8 Å². The van der Waals surface area contributed by atoms with E-state index in [-0.39, 0.29) is 5.91 Å². The molecule has 1 fully saturated rings. The highest BCUT2D eigenvalue weighted by Crippen LogP contribution is 2.24. The van der Waals surface area contributed by atoms with E-state index in [1.165, 1.54) is 0 Å². The van der Waals surface area contributed by atoms with Crippen LogP contribution < -0.4 is 16.4 Å². The number of nitrogens with one attached hydrogen (secondary N) is 3. The van der Waals surface area contributed by atoms with Gasteiger partial charge in [-0.25, -0.2) is 9.78 Å². The highest BCUT2D eigenvalue weighted by molar-refractivity contribution is 5.95. The largest absolute Gasteiger partial charge is 0.417 e. The summed E-state index contributed by atoms with van der Waals surface area (Å²) >= 11 is 0. The summed E-state index contributed by atoms with van der Waals surface area (Å²) in [6.45, 7) is 3.52. The molecule has 0 spiro atoms. The van der Waals surface area contributed by atoms with Crippen molar-refractivity contribution in [3.8, 4) is 0 Å². The van der Waals surface area contributed by atoms with Gasteiger partial charge in [-0.15, -0.1) is 0 Å². The summed E-state index contributed by atoms with van der Waals surface area (Å²) in [6, 6.07) is 12.7. The fourth-order valence-electron chi connectivity index (χ4n) is 3.76. The molecule has 162 valence electrons. The maximum Gasteiger partial charge on any atom is 0.417 e. The minimum absolute atomic E-state index is 0.0472. The first kappa shape index (κ1) is 19.8. The van der Waals surface area contributed by atoms with Crippen molar-refractivity contribution in [1.29, 1.82) is 0 Å². The molecule has 0 saturated carbocycles. The number of fused-ring (bicyclic) bond motifs is 1. The number of anilines is 4. The molecular weight excluding hydrogens is 408 g/mol. The number of oxazole rings is 1. The Kier molecular flexibility index (Phi) is 5.06. The molecule has 2 aromatic heterocycles. The standard InChI is InChI=1S/C23H22N6O3/c1-14-13-24-22(26-16-6-4-5-15(11-16)21(30)29-9-2-3-10-29)28-20(14)25-17-7-8-19-18(12-17)27-23(31)32-19/h4-8,11-13H,2-3,9-10H2,1H3,(H,27,31)(H2,24,25,26,28). The highest BCUT2D eigenvalue weighted by atomic mass is 16.4. The Morgan fingerprint density at radius 2 is 1.91 bits per heavy atom. The molecule has 0 atom stereocenters. The highest BCUT2D eigenvalue weighted by Gasteiger charge is 2.19. The molecule has 1 saturated heterocycles. The molecular formula is C23H22N6O3. The topological polar surface area (TPSA) is 116 Å². The first-order valence-corrected chi connectivity index (χ1v) is 10.4. The van der Waals surface area contributed by atoms with Crippen LogP contribution >= 0.6 is 0 Å². The Labute approximate surface area is 183 Å². The van der Waals surface area contributed by atoms with Gasteiger partial charge in [-0.05, 0) is 56.2 Å². The summed E-state index contributed by atoms with van der Waals surface area (Å²) in [5.74, 6) is 0.581. The van der Waals surface area contributed by atoms with Gasteiger partial charge in [-0.1, -0.05) is 6.07 Å². The summed E-state index contributed by atoms with van der Waals surface area (Å²) in [7, 11) is 0. The van der Waals surface area contributed by atoms with Gasteiger partial charge in [0.25, 0.3) is 5.91 Å². The number of H-pyrrole nitrogens is 1. The summed E-state index contributed by atoms with van der Waals surface area (Å²) in [4.78, 5) is 37.5. The van der Waals surface area contributed by atoms with Crippen LogP contribution in [0.5, 0.6) is 0 Å². The van der Waals surface area contributed by atoms with Gasteiger partial charge >= 0.3 is 5.76 Å². The number of aryl methyl sites for hydroxylation is 1. The zero-order valence-corrected chi connectivity index (χ0v) is 17.5. The fourth-order valence-corrected chi connectivity index (χ4v) is 3.76. The summed E-state index contributed by atoms with van der Waals surface area (Å²) in [5, 5.41) is 6.43. The van der Waals surface area contributed by atoms with Crippen molar-refractivity contribution in [2.24, 2.45) is 0 Å². The minimum Gasteiger partial charge on any atom is -0.408 e. The number of hydrogen-bond acceptors (Lipinski definition) is 7. The van der Waals surface area contributed by atoms with Crippen molar-refractivity contribution in [2.45, 2.75) is 19.8 Å². The van der Waals surface area contributed by atoms with E-state index in [4.69, 9.17) is 4.42 Å². The Hall–Kier alpha value is -4.14. The Balaban J connectivity index is 1.36. The van der Waals surface area contributed by atoms with E-state index in [0.717, 1.165) is 42.9 Å². The van der Waals surface area contributed by atoms with Crippen LogP contribution in [0.4, 0.5) is 23.1 Å². The maximum atomic E-state index is 12.7. The zero-order valence-electron chi connectivity index (χ0n) is 17.5. The normalized spacial score (nSPS) is 13.5. The third kappa shape index (κ3) is 4.04. The van der Waals surface area contributed by atoms with Crippen LogP contribution in [0.15, 0.2) is 57.9 Å². The van der Waals surface area contributed by atoms with Crippen LogP contribution in [0.2, 0.25) is 0 Å². The average Bonchev–Trinajstić information content (AvgIpc) is 3.44. The van der Waals surface area contributed by atoms with Crippen LogP contribution in [0.25, 0.3) is 11.1 Å². The third-order valence-electron chi connectivity index (χ3n) is 5.41. The number of likely N-dealkylation sites (tertiary alicyclic amines) is 1. The molecule has 3 N–H and O–H groups in total. The number of benzene rings is 2. The summed E-state index contributed by atoms with van der Waals surface area (Å²) < 4.78 is 5.04. The van der Waals surface area contributed by atoms with Crippen molar-refractivity contribution in [1.82, 2.24) is 19.9 Å². The molecule has 0 bridgehead atoms. The van der Waals surface area contributed by atoms with Crippen LogP contribution in [-0.4, -0.2) is 38.8 Å². The van der Waals surface area contributed by atoms with E-state index in [9.17, 15) is 9.59 Å². The first-order valence-electron chi connectivity index (χ1n) is 10.4. The van der Waals surface area contributed by atoms with Gasteiger partial charge in [-0.2, -0.15) is 4.98 Å². The summed E-state index contributed by atoms with van der Waals surface area (Å²) in [6.07, 6.45) is 3.83. The molecule has 5 rings (SSSR count). The molecule has 1 aliphatic heterocycles. The number of carbonyl (C=O) groups is 1. The quantitative estimate of drug-likeness (QED) is 0.439. The van der Waals surface area contributed by atoms with Crippen LogP contribution in [0, 0.1) is 6.92 Å². The number of carbonyl (C=O) groups excluding carboxylic acids is 1. The Morgan fingerprint density at radius 3 is 2.75 bits per heavy atom. The lowest BCUT2D eigenvalue weighted by atomic mass is 10.2. The third-order valence-corrected chi connectivity index (χ3v) is 5.41. The number of aromatic nitrogens is 3. The van der Waals surface area contributed by atoms with Gasteiger partial charge in [-0.3, -0.25) is 9.78 Å². The molecule has 3 heterocycles. The molecule has 0 unspecified atom stereocenters. The Morgan fingerprint density at radius 1 is 1.09 bits per heavy atom. The number of amides is 1. The predicted octanol–water partition coefficient (Wildman–Crippen LogP) is 3.94. The number of hydrogen-bond donors (Lipinski definition) is 3. The average molecular weight is 430 g/mol. The molecule has 0 aliphatic carbocycles. The molecule has 1 amide bonds. The maximum absolute atomic E-state index is 12.7. The minimum atomic E-state index is -0.493. The van der Waals surface area contributed by atoms with Crippen LogP contribution in [0.3, 0.4) is 0 Å². The molecule has 2 aromatic carbocycles. The Bertz CT molecular complexity index is 1350. The van der Waals surface area contributed by atoms with E-state index in [1.54, 1.807) is 24.4 Å². The lowest BCUT2D eigenvalue weighted by Gasteiger charge is -2.16.